The maximum atomic E-state index is 12.2. The van der Waals surface area contributed by atoms with Gasteiger partial charge in [0.1, 0.15) is 0 Å². The summed E-state index contributed by atoms with van der Waals surface area (Å²) < 4.78 is 5.07. The lowest BCUT2D eigenvalue weighted by Crippen LogP contribution is -2.39. The maximum absolute atomic E-state index is 12.2. The van der Waals surface area contributed by atoms with Gasteiger partial charge in [-0.2, -0.15) is 0 Å². The van der Waals surface area contributed by atoms with Gasteiger partial charge in [-0.1, -0.05) is 33.1 Å². The number of hydrogen-bond donors (Lipinski definition) is 1. The summed E-state index contributed by atoms with van der Waals surface area (Å²) >= 11 is 0. The standard InChI is InChI=1S/C13H26N2O2/c1-4-6-8-11-13(16)15(9-10-17-3)12(14-11)7-5-2/h11-12,14H,4-10H2,1-3H3. The number of unbranched alkanes of at least 4 members (excludes halogenated alkanes) is 1. The van der Waals surface area contributed by atoms with Crippen LogP contribution in [-0.4, -0.2) is 43.3 Å². The molecule has 1 amide bonds. The molecule has 1 rings (SSSR count). The summed E-state index contributed by atoms with van der Waals surface area (Å²) in [4.78, 5) is 14.2. The first-order chi connectivity index (χ1) is 8.24. The Morgan fingerprint density at radius 2 is 2.06 bits per heavy atom. The third-order valence-electron chi connectivity index (χ3n) is 3.30. The Balaban J connectivity index is 2.54. The Morgan fingerprint density at radius 3 is 2.65 bits per heavy atom. The smallest absolute Gasteiger partial charge is 0.241 e. The number of carbonyl (C=O) groups is 1. The van der Waals surface area contributed by atoms with Crippen molar-refractivity contribution >= 4 is 5.91 Å². The van der Waals surface area contributed by atoms with Crippen LogP contribution in [0.4, 0.5) is 0 Å². The van der Waals surface area contributed by atoms with Gasteiger partial charge in [-0.3, -0.25) is 10.1 Å². The number of hydrogen-bond acceptors (Lipinski definition) is 3. The van der Waals surface area contributed by atoms with Crippen LogP contribution in [0.25, 0.3) is 0 Å². The molecule has 17 heavy (non-hydrogen) atoms. The number of methoxy groups -OCH3 is 1. The molecule has 0 aromatic rings. The first kappa shape index (κ1) is 14.5. The number of amides is 1. The molecule has 1 heterocycles. The van der Waals surface area contributed by atoms with E-state index in [2.05, 4.69) is 19.2 Å². The highest BCUT2D eigenvalue weighted by Gasteiger charge is 2.37. The van der Waals surface area contributed by atoms with Gasteiger partial charge in [0.05, 0.1) is 18.8 Å². The molecule has 0 aromatic heterocycles. The topological polar surface area (TPSA) is 41.6 Å². The van der Waals surface area contributed by atoms with Gasteiger partial charge in [-0.25, -0.2) is 0 Å². The van der Waals surface area contributed by atoms with Crippen molar-refractivity contribution in [2.75, 3.05) is 20.3 Å². The second-order valence-electron chi connectivity index (χ2n) is 4.69. The minimum atomic E-state index is 0.0309. The van der Waals surface area contributed by atoms with Gasteiger partial charge >= 0.3 is 0 Å². The Bertz CT molecular complexity index is 233. The lowest BCUT2D eigenvalue weighted by Gasteiger charge is -2.23. The number of nitrogens with one attached hydrogen (secondary N) is 1. The molecule has 1 aliphatic heterocycles. The third kappa shape index (κ3) is 3.96. The molecule has 0 saturated carbocycles. The van der Waals surface area contributed by atoms with E-state index in [9.17, 15) is 4.79 Å². The first-order valence-corrected chi connectivity index (χ1v) is 6.80. The Hall–Kier alpha value is -0.610. The Kier molecular flexibility index (Phi) is 6.52. The van der Waals surface area contributed by atoms with E-state index in [0.717, 1.165) is 32.1 Å². The van der Waals surface area contributed by atoms with Crippen molar-refractivity contribution in [3.8, 4) is 0 Å². The van der Waals surface area contributed by atoms with Crippen LogP contribution in [0.3, 0.4) is 0 Å². The zero-order valence-electron chi connectivity index (χ0n) is 11.4. The first-order valence-electron chi connectivity index (χ1n) is 6.80. The summed E-state index contributed by atoms with van der Waals surface area (Å²) in [5, 5.41) is 3.46. The van der Waals surface area contributed by atoms with Gasteiger partial charge in [0.25, 0.3) is 0 Å². The van der Waals surface area contributed by atoms with Crippen LogP contribution in [0, 0.1) is 0 Å². The van der Waals surface area contributed by atoms with E-state index < -0.39 is 0 Å². The maximum Gasteiger partial charge on any atom is 0.241 e. The van der Waals surface area contributed by atoms with E-state index in [1.54, 1.807) is 7.11 Å². The van der Waals surface area contributed by atoms with Crippen molar-refractivity contribution in [3.63, 3.8) is 0 Å². The zero-order valence-corrected chi connectivity index (χ0v) is 11.4. The molecular formula is C13H26N2O2. The summed E-state index contributed by atoms with van der Waals surface area (Å²) in [6.07, 6.45) is 5.54. The van der Waals surface area contributed by atoms with E-state index in [4.69, 9.17) is 4.74 Å². The number of nitrogens with zero attached hydrogens (tertiary/aromatic N) is 1. The van der Waals surface area contributed by atoms with E-state index in [1.165, 1.54) is 0 Å². The van der Waals surface area contributed by atoms with Gasteiger partial charge in [0.15, 0.2) is 0 Å². The number of carbonyl (C=O) groups excluding carboxylic acids is 1. The predicted molar refractivity (Wildman–Crippen MR) is 68.7 cm³/mol. The highest BCUT2D eigenvalue weighted by atomic mass is 16.5. The van der Waals surface area contributed by atoms with E-state index >= 15 is 0 Å². The summed E-state index contributed by atoms with van der Waals surface area (Å²) in [5.41, 5.74) is 0. The van der Waals surface area contributed by atoms with E-state index in [0.29, 0.717) is 13.2 Å². The highest BCUT2D eigenvalue weighted by Crippen LogP contribution is 2.18. The molecule has 1 N–H and O–H groups in total. The van der Waals surface area contributed by atoms with Crippen molar-refractivity contribution in [1.29, 1.82) is 0 Å². The summed E-state index contributed by atoms with van der Waals surface area (Å²) in [6.45, 7) is 5.63. The second-order valence-corrected chi connectivity index (χ2v) is 4.69. The molecular weight excluding hydrogens is 216 g/mol. The largest absolute Gasteiger partial charge is 0.383 e. The summed E-state index contributed by atoms with van der Waals surface area (Å²) in [5.74, 6) is 0.258. The molecule has 0 radical (unpaired) electrons. The van der Waals surface area contributed by atoms with Crippen LogP contribution in [0.5, 0.6) is 0 Å². The predicted octanol–water partition coefficient (Wildman–Crippen LogP) is 1.75. The molecule has 0 aromatic carbocycles. The van der Waals surface area contributed by atoms with Crippen LogP contribution in [0.15, 0.2) is 0 Å². The van der Waals surface area contributed by atoms with E-state index in [-0.39, 0.29) is 18.1 Å². The molecule has 1 aliphatic rings. The molecule has 2 unspecified atom stereocenters. The number of rotatable bonds is 8. The molecule has 1 saturated heterocycles. The van der Waals surface area contributed by atoms with Gasteiger partial charge in [-0.15, -0.1) is 0 Å². The fourth-order valence-corrected chi connectivity index (χ4v) is 2.33. The van der Waals surface area contributed by atoms with Gasteiger partial charge in [0, 0.05) is 13.7 Å². The Morgan fingerprint density at radius 1 is 1.29 bits per heavy atom. The van der Waals surface area contributed by atoms with Gasteiger partial charge in [0.2, 0.25) is 5.91 Å². The van der Waals surface area contributed by atoms with Crippen LogP contribution < -0.4 is 5.32 Å². The second kappa shape index (κ2) is 7.67. The molecule has 0 spiro atoms. The zero-order chi connectivity index (χ0) is 12.7. The van der Waals surface area contributed by atoms with Crippen molar-refractivity contribution in [2.24, 2.45) is 0 Å². The molecule has 0 bridgehead atoms. The molecule has 0 aliphatic carbocycles. The van der Waals surface area contributed by atoms with Crippen molar-refractivity contribution in [1.82, 2.24) is 10.2 Å². The summed E-state index contributed by atoms with van der Waals surface area (Å²) in [6, 6.07) is 0.0309. The monoisotopic (exact) mass is 242 g/mol. The van der Waals surface area contributed by atoms with Crippen LogP contribution in [0.2, 0.25) is 0 Å². The average Bonchev–Trinajstić information content (AvgIpc) is 2.61. The summed E-state index contributed by atoms with van der Waals surface area (Å²) in [7, 11) is 1.68. The highest BCUT2D eigenvalue weighted by molar-refractivity contribution is 5.84. The van der Waals surface area contributed by atoms with Crippen molar-refractivity contribution in [2.45, 2.75) is 58.2 Å². The minimum Gasteiger partial charge on any atom is -0.383 e. The normalized spacial score (nSPS) is 24.6. The number of ether oxygens (including phenoxy) is 1. The SMILES string of the molecule is CCCCC1NC(CCC)N(CCOC)C1=O. The fourth-order valence-electron chi connectivity index (χ4n) is 2.33. The Labute approximate surface area is 105 Å². The van der Waals surface area contributed by atoms with Crippen molar-refractivity contribution in [3.05, 3.63) is 0 Å². The molecule has 4 nitrogen and oxygen atoms in total. The molecule has 2 atom stereocenters. The van der Waals surface area contributed by atoms with Crippen molar-refractivity contribution < 1.29 is 9.53 Å². The van der Waals surface area contributed by atoms with Gasteiger partial charge < -0.3 is 9.64 Å². The quantitative estimate of drug-likeness (QED) is 0.705. The fraction of sp³-hybridized carbons (Fsp3) is 0.923. The third-order valence-corrected chi connectivity index (χ3v) is 3.30. The molecule has 100 valence electrons. The van der Waals surface area contributed by atoms with E-state index in [1.807, 2.05) is 4.90 Å². The molecule has 4 heteroatoms. The average molecular weight is 242 g/mol. The molecule has 1 fully saturated rings. The van der Waals surface area contributed by atoms with Crippen LogP contribution >= 0.6 is 0 Å². The van der Waals surface area contributed by atoms with Crippen LogP contribution in [-0.2, 0) is 9.53 Å². The lowest BCUT2D eigenvalue weighted by atomic mass is 10.1. The lowest BCUT2D eigenvalue weighted by molar-refractivity contribution is -0.130. The van der Waals surface area contributed by atoms with Crippen LogP contribution in [0.1, 0.15) is 46.0 Å². The minimum absolute atomic E-state index is 0.0309. The van der Waals surface area contributed by atoms with Gasteiger partial charge in [-0.05, 0) is 12.8 Å².